The van der Waals surface area contributed by atoms with E-state index in [1.165, 1.54) is 11.3 Å². The third kappa shape index (κ3) is 3.71. The summed E-state index contributed by atoms with van der Waals surface area (Å²) in [5, 5.41) is 12.2. The number of carbonyl (C=O) groups is 1. The van der Waals surface area contributed by atoms with Crippen LogP contribution < -0.4 is 5.32 Å². The van der Waals surface area contributed by atoms with E-state index in [4.69, 9.17) is 0 Å². The Morgan fingerprint density at radius 2 is 2.20 bits per heavy atom. The lowest BCUT2D eigenvalue weighted by molar-refractivity contribution is -0.118. The summed E-state index contributed by atoms with van der Waals surface area (Å²) in [5.41, 5.74) is 0.199. The van der Waals surface area contributed by atoms with E-state index in [0.717, 1.165) is 24.1 Å². The van der Waals surface area contributed by atoms with Gasteiger partial charge in [0.25, 0.3) is 5.91 Å². The second-order valence-electron chi connectivity index (χ2n) is 5.46. The Kier molecular flexibility index (Phi) is 4.97. The number of carbonyl (C=O) groups excluding carboxylic acids is 1. The Morgan fingerprint density at radius 1 is 1.45 bits per heavy atom. The summed E-state index contributed by atoms with van der Waals surface area (Å²) in [6, 6.07) is 6.16. The zero-order valence-corrected chi connectivity index (χ0v) is 12.8. The smallest absolute Gasteiger partial charge is 0.262 e. The molecule has 2 rings (SSSR count). The zero-order valence-electron chi connectivity index (χ0n) is 12.0. The Labute approximate surface area is 124 Å². The quantitative estimate of drug-likeness (QED) is 0.681. The average molecular weight is 288 g/mol. The van der Waals surface area contributed by atoms with Gasteiger partial charge in [-0.2, -0.15) is 5.26 Å². The molecule has 3 nitrogen and oxygen atoms in total. The fourth-order valence-electron chi connectivity index (χ4n) is 2.60. The van der Waals surface area contributed by atoms with Crippen LogP contribution in [0.1, 0.15) is 42.4 Å². The van der Waals surface area contributed by atoms with Gasteiger partial charge in [0.2, 0.25) is 0 Å². The maximum atomic E-state index is 12.2. The largest absolute Gasteiger partial charge is 0.348 e. The van der Waals surface area contributed by atoms with Crippen LogP contribution >= 0.6 is 11.3 Å². The van der Waals surface area contributed by atoms with Crippen molar-refractivity contribution < 1.29 is 4.79 Å². The highest BCUT2D eigenvalue weighted by molar-refractivity contribution is 7.12. The number of hydrogen-bond donors (Lipinski definition) is 1. The lowest BCUT2D eigenvalue weighted by Gasteiger charge is -2.29. The monoisotopic (exact) mass is 288 g/mol. The van der Waals surface area contributed by atoms with Gasteiger partial charge in [0.05, 0.1) is 0 Å². The Balaban J connectivity index is 2.06. The van der Waals surface area contributed by atoms with E-state index >= 15 is 0 Å². The number of hydrogen-bond acceptors (Lipinski definition) is 3. The van der Waals surface area contributed by atoms with Crippen molar-refractivity contribution >= 4 is 23.3 Å². The molecule has 0 saturated heterocycles. The summed E-state index contributed by atoms with van der Waals surface area (Å²) in [6.07, 6.45) is 6.25. The Hall–Kier alpha value is -1.60. The summed E-state index contributed by atoms with van der Waals surface area (Å²) in [7, 11) is 0. The molecular weight excluding hydrogens is 268 g/mol. The van der Waals surface area contributed by atoms with Crippen LogP contribution in [0.15, 0.2) is 17.7 Å². The van der Waals surface area contributed by atoms with E-state index in [2.05, 4.69) is 12.2 Å². The molecule has 106 valence electrons. The van der Waals surface area contributed by atoms with Gasteiger partial charge in [-0.3, -0.25) is 4.79 Å². The minimum Gasteiger partial charge on any atom is -0.348 e. The van der Waals surface area contributed by atoms with Crippen LogP contribution in [0.3, 0.4) is 0 Å². The molecule has 1 aliphatic rings. The van der Waals surface area contributed by atoms with Crippen LogP contribution in [0.2, 0.25) is 0 Å². The van der Waals surface area contributed by atoms with Crippen LogP contribution in [-0.2, 0) is 4.79 Å². The molecule has 1 aliphatic carbocycles. The number of amides is 1. The summed E-state index contributed by atoms with van der Waals surface area (Å²) < 4.78 is 0. The number of nitriles is 1. The summed E-state index contributed by atoms with van der Waals surface area (Å²) in [6.45, 7) is 4.18. The van der Waals surface area contributed by atoms with Gasteiger partial charge < -0.3 is 5.32 Å². The van der Waals surface area contributed by atoms with E-state index in [-0.39, 0.29) is 17.5 Å². The van der Waals surface area contributed by atoms with Crippen molar-refractivity contribution in [2.24, 2.45) is 5.92 Å². The van der Waals surface area contributed by atoms with E-state index < -0.39 is 0 Å². The van der Waals surface area contributed by atoms with Crippen molar-refractivity contribution in [3.8, 4) is 6.07 Å². The number of thiophene rings is 1. The van der Waals surface area contributed by atoms with Gasteiger partial charge in [0.1, 0.15) is 11.6 Å². The third-order valence-corrected chi connectivity index (χ3v) is 4.79. The van der Waals surface area contributed by atoms with E-state index in [0.29, 0.717) is 5.92 Å². The van der Waals surface area contributed by atoms with Crippen molar-refractivity contribution in [1.29, 1.82) is 5.26 Å². The maximum absolute atomic E-state index is 12.2. The number of nitrogens with zero attached hydrogens (tertiary/aromatic N) is 1. The molecule has 1 saturated carbocycles. The van der Waals surface area contributed by atoms with Crippen LogP contribution in [0.4, 0.5) is 0 Å². The van der Waals surface area contributed by atoms with Crippen molar-refractivity contribution in [2.45, 2.75) is 45.6 Å². The van der Waals surface area contributed by atoms with Crippen LogP contribution in [0.25, 0.3) is 6.08 Å². The Morgan fingerprint density at radius 3 is 2.80 bits per heavy atom. The lowest BCUT2D eigenvalue weighted by atomic mass is 9.86. The van der Waals surface area contributed by atoms with Crippen molar-refractivity contribution in [3.05, 3.63) is 27.5 Å². The molecule has 2 atom stereocenters. The van der Waals surface area contributed by atoms with Gasteiger partial charge >= 0.3 is 0 Å². The molecule has 1 heterocycles. The molecule has 1 amide bonds. The molecule has 1 aromatic heterocycles. The van der Waals surface area contributed by atoms with Crippen LogP contribution in [-0.4, -0.2) is 11.9 Å². The molecule has 1 aromatic rings. The standard InChI is InChI=1S/C16H20N2OS/c1-11-5-3-4-6-15(11)18-16(19)13(10-17)9-14-8-7-12(2)20-14/h7-9,11,15H,3-6H2,1-2H3,(H,18,19)/b13-9+. The molecule has 0 aromatic carbocycles. The first-order valence-corrected chi connectivity index (χ1v) is 7.91. The maximum Gasteiger partial charge on any atom is 0.262 e. The fraction of sp³-hybridized carbons (Fsp3) is 0.500. The average Bonchev–Trinajstić information content (AvgIpc) is 2.84. The fourth-order valence-corrected chi connectivity index (χ4v) is 3.42. The van der Waals surface area contributed by atoms with E-state index in [1.807, 2.05) is 25.1 Å². The predicted molar refractivity (Wildman–Crippen MR) is 82.2 cm³/mol. The van der Waals surface area contributed by atoms with Gasteiger partial charge in [-0.25, -0.2) is 0 Å². The third-order valence-electron chi connectivity index (χ3n) is 3.84. The topological polar surface area (TPSA) is 52.9 Å². The van der Waals surface area contributed by atoms with Gasteiger partial charge in [-0.05, 0) is 43.9 Å². The number of rotatable bonds is 3. The molecule has 1 fully saturated rings. The van der Waals surface area contributed by atoms with Gasteiger partial charge in [0.15, 0.2) is 0 Å². The van der Waals surface area contributed by atoms with Crippen molar-refractivity contribution in [1.82, 2.24) is 5.32 Å². The summed E-state index contributed by atoms with van der Waals surface area (Å²) in [5.74, 6) is 0.258. The summed E-state index contributed by atoms with van der Waals surface area (Å²) >= 11 is 1.59. The minimum atomic E-state index is -0.239. The highest BCUT2D eigenvalue weighted by atomic mass is 32.1. The number of aryl methyl sites for hydroxylation is 1. The molecule has 0 spiro atoms. The molecule has 0 bridgehead atoms. The molecule has 1 N–H and O–H groups in total. The van der Waals surface area contributed by atoms with Crippen molar-refractivity contribution in [3.63, 3.8) is 0 Å². The van der Waals surface area contributed by atoms with Crippen LogP contribution in [0.5, 0.6) is 0 Å². The second-order valence-corrected chi connectivity index (χ2v) is 6.78. The van der Waals surface area contributed by atoms with Gasteiger partial charge in [0, 0.05) is 15.8 Å². The highest BCUT2D eigenvalue weighted by Crippen LogP contribution is 2.24. The molecule has 0 aliphatic heterocycles. The van der Waals surface area contributed by atoms with Crippen molar-refractivity contribution in [2.75, 3.05) is 0 Å². The Bertz CT molecular complexity index is 553. The molecule has 2 unspecified atom stereocenters. The van der Waals surface area contributed by atoms with Crippen LogP contribution in [0, 0.1) is 24.2 Å². The normalized spacial score (nSPS) is 23.1. The summed E-state index contributed by atoms with van der Waals surface area (Å²) in [4.78, 5) is 14.3. The molecule has 0 radical (unpaired) electrons. The predicted octanol–water partition coefficient (Wildman–Crippen LogP) is 3.66. The lowest BCUT2D eigenvalue weighted by Crippen LogP contribution is -2.41. The van der Waals surface area contributed by atoms with E-state index in [9.17, 15) is 10.1 Å². The zero-order chi connectivity index (χ0) is 14.5. The highest BCUT2D eigenvalue weighted by Gasteiger charge is 2.24. The minimum absolute atomic E-state index is 0.199. The first-order valence-electron chi connectivity index (χ1n) is 7.09. The SMILES string of the molecule is Cc1ccc(/C=C(\C#N)C(=O)NC2CCCCC2C)s1. The number of nitrogens with one attached hydrogen (secondary N) is 1. The molecular formula is C16H20N2OS. The first-order chi connectivity index (χ1) is 9.60. The van der Waals surface area contributed by atoms with E-state index in [1.54, 1.807) is 17.4 Å². The second kappa shape index (κ2) is 6.71. The molecule has 20 heavy (non-hydrogen) atoms. The van der Waals surface area contributed by atoms with Gasteiger partial charge in [-0.15, -0.1) is 11.3 Å². The van der Waals surface area contributed by atoms with Gasteiger partial charge in [-0.1, -0.05) is 19.8 Å². The molecule has 4 heteroatoms. The first kappa shape index (κ1) is 14.8.